The molecule has 0 aliphatic heterocycles. The smallest absolute Gasteiger partial charge is 0.302 e. The summed E-state index contributed by atoms with van der Waals surface area (Å²) in [5.74, 6) is 0.669. The number of carbonyl (C=O) groups excluding carboxylic acids is 2. The van der Waals surface area contributed by atoms with E-state index in [4.69, 9.17) is 4.74 Å². The lowest BCUT2D eigenvalue weighted by Gasteiger charge is -2.39. The van der Waals surface area contributed by atoms with E-state index in [0.29, 0.717) is 18.1 Å². The van der Waals surface area contributed by atoms with Gasteiger partial charge < -0.3 is 4.74 Å². The van der Waals surface area contributed by atoms with Crippen LogP contribution < -0.4 is 0 Å². The summed E-state index contributed by atoms with van der Waals surface area (Å²) in [6.45, 7) is 1.45. The minimum atomic E-state index is -0.210. The van der Waals surface area contributed by atoms with Gasteiger partial charge in [-0.2, -0.15) is 0 Å². The third-order valence-corrected chi connectivity index (χ3v) is 3.70. The lowest BCUT2D eigenvalue weighted by Crippen LogP contribution is -2.42. The summed E-state index contributed by atoms with van der Waals surface area (Å²) < 4.78 is 5.32. The molecule has 0 amide bonds. The van der Waals surface area contributed by atoms with Crippen molar-refractivity contribution in [1.29, 1.82) is 0 Å². The predicted molar refractivity (Wildman–Crippen MR) is 55.2 cm³/mol. The van der Waals surface area contributed by atoms with Crippen LogP contribution in [0.4, 0.5) is 0 Å². The first-order chi connectivity index (χ1) is 7.18. The second kappa shape index (κ2) is 4.33. The fourth-order valence-electron chi connectivity index (χ4n) is 3.05. The van der Waals surface area contributed by atoms with Crippen molar-refractivity contribution in [3.8, 4) is 0 Å². The zero-order valence-electron chi connectivity index (χ0n) is 9.20. The molecule has 3 heteroatoms. The highest BCUT2D eigenvalue weighted by atomic mass is 16.5. The zero-order valence-corrected chi connectivity index (χ0v) is 9.20. The maximum atomic E-state index is 11.7. The van der Waals surface area contributed by atoms with Crippen molar-refractivity contribution in [3.05, 3.63) is 0 Å². The van der Waals surface area contributed by atoms with Crippen LogP contribution >= 0.6 is 0 Å². The molecule has 0 N–H and O–H groups in total. The molecule has 0 radical (unpaired) electrons. The highest BCUT2D eigenvalue weighted by Crippen LogP contribution is 2.39. The van der Waals surface area contributed by atoms with Crippen LogP contribution in [0.2, 0.25) is 0 Å². The summed E-state index contributed by atoms with van der Waals surface area (Å²) in [6, 6.07) is 0. The molecule has 2 saturated carbocycles. The molecule has 0 heterocycles. The Balaban J connectivity index is 2.06. The van der Waals surface area contributed by atoms with Crippen molar-refractivity contribution in [2.24, 2.45) is 11.8 Å². The summed E-state index contributed by atoms with van der Waals surface area (Å²) in [6.07, 6.45) is 5.71. The first-order valence-electron chi connectivity index (χ1n) is 5.88. The van der Waals surface area contributed by atoms with Crippen LogP contribution in [0.3, 0.4) is 0 Å². The summed E-state index contributed by atoms with van der Waals surface area (Å²) in [5, 5.41) is 0. The van der Waals surface area contributed by atoms with Gasteiger partial charge in [0.05, 0.1) is 0 Å². The van der Waals surface area contributed by atoms with E-state index in [-0.39, 0.29) is 18.0 Å². The van der Waals surface area contributed by atoms with Gasteiger partial charge in [-0.1, -0.05) is 12.8 Å². The van der Waals surface area contributed by atoms with Crippen molar-refractivity contribution in [3.63, 3.8) is 0 Å². The van der Waals surface area contributed by atoms with Crippen LogP contribution in [-0.2, 0) is 14.3 Å². The van der Waals surface area contributed by atoms with E-state index in [0.717, 1.165) is 25.7 Å². The van der Waals surface area contributed by atoms with Gasteiger partial charge >= 0.3 is 5.97 Å². The fourth-order valence-corrected chi connectivity index (χ4v) is 3.05. The molecular weight excluding hydrogens is 192 g/mol. The molecule has 0 unspecified atom stereocenters. The molecule has 2 rings (SSSR count). The number of fused-ring (bicyclic) bond motifs is 1. The van der Waals surface area contributed by atoms with Gasteiger partial charge in [-0.25, -0.2) is 0 Å². The molecule has 0 bridgehead atoms. The van der Waals surface area contributed by atoms with E-state index < -0.39 is 0 Å². The highest BCUT2D eigenvalue weighted by Gasteiger charge is 2.41. The Bertz CT molecular complexity index is 272. The molecule has 3 nitrogen and oxygen atoms in total. The minimum Gasteiger partial charge on any atom is -0.462 e. The standard InChI is InChI=1S/C12H18O3/c1-8(13)15-12-7-6-11(14)9-4-2-3-5-10(9)12/h9-10,12H,2-7H2,1H3/t9-,10-,12+/m1/s1. The van der Waals surface area contributed by atoms with Gasteiger partial charge in [0.1, 0.15) is 11.9 Å². The Kier molecular flexibility index (Phi) is 3.08. The molecular formula is C12H18O3. The molecule has 0 saturated heterocycles. The normalized spacial score (nSPS) is 35.8. The second-order valence-corrected chi connectivity index (χ2v) is 4.71. The third-order valence-electron chi connectivity index (χ3n) is 3.70. The number of Topliss-reactive ketones (excluding diaryl/α,β-unsaturated/α-hetero) is 1. The Morgan fingerprint density at radius 1 is 1.27 bits per heavy atom. The quantitative estimate of drug-likeness (QED) is 0.622. The van der Waals surface area contributed by atoms with E-state index >= 15 is 0 Å². The summed E-state index contributed by atoms with van der Waals surface area (Å²) >= 11 is 0. The predicted octanol–water partition coefficient (Wildman–Crippen LogP) is 2.09. The van der Waals surface area contributed by atoms with Crippen molar-refractivity contribution >= 4 is 11.8 Å². The zero-order chi connectivity index (χ0) is 10.8. The van der Waals surface area contributed by atoms with Crippen LogP contribution in [0.5, 0.6) is 0 Å². The average Bonchev–Trinajstić information content (AvgIpc) is 2.22. The van der Waals surface area contributed by atoms with Crippen LogP contribution in [0.25, 0.3) is 0 Å². The van der Waals surface area contributed by atoms with Gasteiger partial charge in [0.2, 0.25) is 0 Å². The van der Waals surface area contributed by atoms with Gasteiger partial charge in [0.25, 0.3) is 0 Å². The number of rotatable bonds is 1. The topological polar surface area (TPSA) is 43.4 Å². The molecule has 2 aliphatic rings. The first kappa shape index (κ1) is 10.7. The number of ketones is 1. The Labute approximate surface area is 90.2 Å². The van der Waals surface area contributed by atoms with Crippen molar-refractivity contribution < 1.29 is 14.3 Å². The average molecular weight is 210 g/mol. The SMILES string of the molecule is CC(=O)O[C@H]1CCC(=O)[C@@H]2CCCC[C@@H]12. The minimum absolute atomic E-state index is 0.00509. The number of hydrogen-bond donors (Lipinski definition) is 0. The molecule has 0 aromatic heterocycles. The van der Waals surface area contributed by atoms with Gasteiger partial charge in [-0.3, -0.25) is 9.59 Å². The Morgan fingerprint density at radius 3 is 2.73 bits per heavy atom. The van der Waals surface area contributed by atoms with E-state index in [1.54, 1.807) is 0 Å². The van der Waals surface area contributed by atoms with E-state index in [9.17, 15) is 9.59 Å². The number of ether oxygens (including phenoxy) is 1. The molecule has 84 valence electrons. The van der Waals surface area contributed by atoms with Crippen molar-refractivity contribution in [1.82, 2.24) is 0 Å². The molecule has 0 aromatic carbocycles. The molecule has 3 atom stereocenters. The van der Waals surface area contributed by atoms with Crippen molar-refractivity contribution in [2.75, 3.05) is 0 Å². The summed E-state index contributed by atoms with van der Waals surface area (Å²) in [4.78, 5) is 22.7. The molecule has 15 heavy (non-hydrogen) atoms. The van der Waals surface area contributed by atoms with E-state index in [1.807, 2.05) is 0 Å². The largest absolute Gasteiger partial charge is 0.462 e. The highest BCUT2D eigenvalue weighted by molar-refractivity contribution is 5.82. The van der Waals surface area contributed by atoms with Crippen LogP contribution in [0.15, 0.2) is 0 Å². The number of esters is 1. The lowest BCUT2D eigenvalue weighted by molar-refractivity contribution is -0.157. The maximum Gasteiger partial charge on any atom is 0.302 e. The number of hydrogen-bond acceptors (Lipinski definition) is 3. The van der Waals surface area contributed by atoms with Gasteiger partial charge in [-0.05, 0) is 19.3 Å². The van der Waals surface area contributed by atoms with Gasteiger partial charge in [-0.15, -0.1) is 0 Å². The third kappa shape index (κ3) is 2.21. The van der Waals surface area contributed by atoms with Crippen molar-refractivity contribution in [2.45, 2.75) is 51.6 Å². The first-order valence-corrected chi connectivity index (χ1v) is 5.88. The molecule has 0 aromatic rings. The van der Waals surface area contributed by atoms with E-state index in [2.05, 4.69) is 0 Å². The molecule has 2 fully saturated rings. The van der Waals surface area contributed by atoms with E-state index in [1.165, 1.54) is 13.3 Å². The Hall–Kier alpha value is -0.860. The Morgan fingerprint density at radius 2 is 2.00 bits per heavy atom. The van der Waals surface area contributed by atoms with Crippen LogP contribution in [0.1, 0.15) is 45.4 Å². The molecule has 2 aliphatic carbocycles. The number of carbonyl (C=O) groups is 2. The van der Waals surface area contributed by atoms with Gasteiger partial charge in [0.15, 0.2) is 0 Å². The fraction of sp³-hybridized carbons (Fsp3) is 0.833. The summed E-state index contributed by atoms with van der Waals surface area (Å²) in [7, 11) is 0. The second-order valence-electron chi connectivity index (χ2n) is 4.71. The van der Waals surface area contributed by atoms with Crippen LogP contribution in [-0.4, -0.2) is 17.9 Å². The van der Waals surface area contributed by atoms with Crippen LogP contribution in [0, 0.1) is 11.8 Å². The lowest BCUT2D eigenvalue weighted by atomic mass is 9.69. The van der Waals surface area contributed by atoms with Gasteiger partial charge in [0, 0.05) is 25.2 Å². The monoisotopic (exact) mass is 210 g/mol. The summed E-state index contributed by atoms with van der Waals surface area (Å²) in [5.41, 5.74) is 0. The maximum absolute atomic E-state index is 11.7. The molecule has 0 spiro atoms.